The Hall–Kier alpha value is -1.85. The Morgan fingerprint density at radius 3 is 2.57 bits per heavy atom. The predicted octanol–water partition coefficient (Wildman–Crippen LogP) is 4.20. The van der Waals surface area contributed by atoms with Crippen LogP contribution >= 0.6 is 24.0 Å². The van der Waals surface area contributed by atoms with E-state index in [1.807, 2.05) is 6.08 Å². The number of amides is 1. The van der Waals surface area contributed by atoms with E-state index in [4.69, 9.17) is 12.2 Å². The van der Waals surface area contributed by atoms with Crippen molar-refractivity contribution in [2.45, 2.75) is 27.7 Å². The number of rotatable bonds is 2. The van der Waals surface area contributed by atoms with Gasteiger partial charge in [-0.05, 0) is 62.6 Å². The van der Waals surface area contributed by atoms with Crippen LogP contribution in [-0.2, 0) is 4.79 Å². The Morgan fingerprint density at radius 1 is 1.17 bits per heavy atom. The summed E-state index contributed by atoms with van der Waals surface area (Å²) in [6.07, 6.45) is 1.92. The minimum atomic E-state index is -0.114. The van der Waals surface area contributed by atoms with E-state index >= 15 is 0 Å². The highest BCUT2D eigenvalue weighted by Gasteiger charge is 2.23. The second-order valence-corrected chi connectivity index (χ2v) is 7.52. The molecule has 1 aliphatic heterocycles. The van der Waals surface area contributed by atoms with Crippen LogP contribution < -0.4 is 5.32 Å². The molecule has 1 aromatic heterocycles. The monoisotopic (exact) mass is 342 g/mol. The molecule has 0 unspecified atom stereocenters. The molecule has 0 spiro atoms. The van der Waals surface area contributed by atoms with Crippen molar-refractivity contribution in [2.24, 2.45) is 0 Å². The summed E-state index contributed by atoms with van der Waals surface area (Å²) in [5.74, 6) is -0.114. The number of thioether (sulfide) groups is 1. The Morgan fingerprint density at radius 2 is 1.91 bits per heavy atom. The van der Waals surface area contributed by atoms with Gasteiger partial charge in [0.15, 0.2) is 0 Å². The molecule has 1 fully saturated rings. The second kappa shape index (κ2) is 5.98. The fourth-order valence-electron chi connectivity index (χ4n) is 2.83. The Bertz CT molecular complexity index is 862. The van der Waals surface area contributed by atoms with Gasteiger partial charge >= 0.3 is 0 Å². The van der Waals surface area contributed by atoms with E-state index in [2.05, 4.69) is 61.8 Å². The summed E-state index contributed by atoms with van der Waals surface area (Å²) in [6, 6.07) is 8.56. The highest BCUT2D eigenvalue weighted by atomic mass is 32.2. The number of benzene rings is 1. The number of nitrogens with zero attached hydrogens (tertiary/aromatic N) is 1. The summed E-state index contributed by atoms with van der Waals surface area (Å²) in [4.78, 5) is 12.5. The van der Waals surface area contributed by atoms with Crippen molar-refractivity contribution in [3.05, 3.63) is 57.2 Å². The summed E-state index contributed by atoms with van der Waals surface area (Å²) in [6.45, 7) is 8.38. The first-order valence-corrected chi connectivity index (χ1v) is 8.60. The van der Waals surface area contributed by atoms with Gasteiger partial charge in [0.05, 0.1) is 4.91 Å². The van der Waals surface area contributed by atoms with Crippen LogP contribution in [0.3, 0.4) is 0 Å². The van der Waals surface area contributed by atoms with Gasteiger partial charge in [-0.2, -0.15) is 0 Å². The zero-order valence-corrected chi connectivity index (χ0v) is 15.2. The Balaban J connectivity index is 2.10. The van der Waals surface area contributed by atoms with Crippen molar-refractivity contribution < 1.29 is 4.79 Å². The molecule has 2 heterocycles. The normalized spacial score (nSPS) is 16.3. The summed E-state index contributed by atoms with van der Waals surface area (Å²) >= 11 is 6.36. The molecule has 1 saturated heterocycles. The van der Waals surface area contributed by atoms with E-state index in [1.54, 1.807) is 0 Å². The molecular formula is C18H18N2OS2. The molecule has 0 radical (unpaired) electrons. The number of aryl methyl sites for hydroxylation is 3. The van der Waals surface area contributed by atoms with Crippen LogP contribution in [0, 0.1) is 27.7 Å². The second-order valence-electron chi connectivity index (χ2n) is 5.80. The number of aromatic nitrogens is 1. The molecule has 23 heavy (non-hydrogen) atoms. The molecule has 0 atom stereocenters. The predicted molar refractivity (Wildman–Crippen MR) is 101 cm³/mol. The van der Waals surface area contributed by atoms with Gasteiger partial charge in [-0.1, -0.05) is 36.1 Å². The minimum Gasteiger partial charge on any atom is -0.318 e. The van der Waals surface area contributed by atoms with Crippen LogP contribution in [0.4, 0.5) is 0 Å². The van der Waals surface area contributed by atoms with E-state index < -0.39 is 0 Å². The quantitative estimate of drug-likeness (QED) is 0.656. The maximum atomic E-state index is 11.9. The van der Waals surface area contributed by atoms with Gasteiger partial charge in [0.25, 0.3) is 5.91 Å². The van der Waals surface area contributed by atoms with Crippen molar-refractivity contribution in [1.29, 1.82) is 0 Å². The van der Waals surface area contributed by atoms with Gasteiger partial charge in [-0.25, -0.2) is 0 Å². The average molecular weight is 342 g/mol. The molecule has 5 heteroatoms. The molecule has 118 valence electrons. The zero-order valence-electron chi connectivity index (χ0n) is 13.6. The Labute approximate surface area is 145 Å². The van der Waals surface area contributed by atoms with Crippen molar-refractivity contribution in [1.82, 2.24) is 9.88 Å². The van der Waals surface area contributed by atoms with Gasteiger partial charge in [0.2, 0.25) is 0 Å². The molecule has 2 aromatic rings. The van der Waals surface area contributed by atoms with Crippen molar-refractivity contribution in [3.8, 4) is 5.69 Å². The van der Waals surface area contributed by atoms with Crippen molar-refractivity contribution in [2.75, 3.05) is 0 Å². The fraction of sp³-hybridized carbons (Fsp3) is 0.222. The number of carbonyl (C=O) groups excluding carboxylic acids is 1. The summed E-state index contributed by atoms with van der Waals surface area (Å²) in [5, 5.41) is 2.66. The molecule has 0 bridgehead atoms. The van der Waals surface area contributed by atoms with Gasteiger partial charge in [0, 0.05) is 17.1 Å². The van der Waals surface area contributed by atoms with Crippen LogP contribution in [0.15, 0.2) is 29.2 Å². The SMILES string of the molecule is Cc1ccc(C)c(-n2c(C)cc(/C=C3\SC(=S)NC3=O)c2C)c1. The first-order chi connectivity index (χ1) is 10.9. The molecule has 1 aliphatic rings. The fourth-order valence-corrected chi connectivity index (χ4v) is 3.86. The van der Waals surface area contributed by atoms with Gasteiger partial charge in [0.1, 0.15) is 4.32 Å². The lowest BCUT2D eigenvalue weighted by Crippen LogP contribution is -2.17. The van der Waals surface area contributed by atoms with Crippen LogP contribution in [-0.4, -0.2) is 14.8 Å². The summed E-state index contributed by atoms with van der Waals surface area (Å²) < 4.78 is 2.76. The average Bonchev–Trinajstić information content (AvgIpc) is 2.93. The summed E-state index contributed by atoms with van der Waals surface area (Å²) in [5.41, 5.74) is 6.96. The van der Waals surface area contributed by atoms with Crippen molar-refractivity contribution in [3.63, 3.8) is 0 Å². The van der Waals surface area contributed by atoms with Gasteiger partial charge in [-0.3, -0.25) is 4.79 Å². The van der Waals surface area contributed by atoms with Crippen LogP contribution in [0.5, 0.6) is 0 Å². The standard InChI is InChI=1S/C18H18N2OS2/c1-10-5-6-11(2)15(7-10)20-12(3)8-14(13(20)4)9-16-17(21)19-18(22)23-16/h5-9H,1-4H3,(H,19,21,22)/b16-9-. The topological polar surface area (TPSA) is 34.0 Å². The molecule has 3 nitrogen and oxygen atoms in total. The van der Waals surface area contributed by atoms with E-state index in [0.29, 0.717) is 9.23 Å². The lowest BCUT2D eigenvalue weighted by atomic mass is 10.1. The molecule has 0 saturated carbocycles. The smallest absolute Gasteiger partial charge is 0.263 e. The first kappa shape index (κ1) is 16.0. The zero-order chi connectivity index (χ0) is 16.7. The number of thiocarbonyl (C=S) groups is 1. The van der Waals surface area contributed by atoms with E-state index in [0.717, 1.165) is 17.0 Å². The number of nitrogens with one attached hydrogen (secondary N) is 1. The van der Waals surface area contributed by atoms with Crippen LogP contribution in [0.1, 0.15) is 28.1 Å². The van der Waals surface area contributed by atoms with Gasteiger partial charge < -0.3 is 9.88 Å². The number of carbonyl (C=O) groups is 1. The number of hydrogen-bond donors (Lipinski definition) is 1. The minimum absolute atomic E-state index is 0.114. The molecule has 1 N–H and O–H groups in total. The maximum absolute atomic E-state index is 11.9. The first-order valence-electron chi connectivity index (χ1n) is 7.38. The molecule has 1 amide bonds. The lowest BCUT2D eigenvalue weighted by molar-refractivity contribution is -0.115. The Kier molecular flexibility index (Phi) is 4.17. The van der Waals surface area contributed by atoms with Crippen LogP contribution in [0.25, 0.3) is 11.8 Å². The maximum Gasteiger partial charge on any atom is 0.263 e. The third kappa shape index (κ3) is 2.99. The van der Waals surface area contributed by atoms with E-state index in [-0.39, 0.29) is 5.91 Å². The highest BCUT2D eigenvalue weighted by molar-refractivity contribution is 8.26. The molecule has 3 rings (SSSR count). The van der Waals surface area contributed by atoms with E-state index in [9.17, 15) is 4.79 Å². The summed E-state index contributed by atoms with van der Waals surface area (Å²) in [7, 11) is 0. The third-order valence-corrected chi connectivity index (χ3v) is 5.17. The van der Waals surface area contributed by atoms with E-state index in [1.165, 1.54) is 28.6 Å². The van der Waals surface area contributed by atoms with Gasteiger partial charge in [-0.15, -0.1) is 0 Å². The third-order valence-electron chi connectivity index (χ3n) is 4.00. The lowest BCUT2D eigenvalue weighted by Gasteiger charge is -2.13. The van der Waals surface area contributed by atoms with Crippen molar-refractivity contribution >= 4 is 40.3 Å². The van der Waals surface area contributed by atoms with Crippen LogP contribution in [0.2, 0.25) is 0 Å². The molecule has 0 aliphatic carbocycles. The molecule has 1 aromatic carbocycles. The highest BCUT2D eigenvalue weighted by Crippen LogP contribution is 2.30. The largest absolute Gasteiger partial charge is 0.318 e. The molecular weight excluding hydrogens is 324 g/mol. The number of hydrogen-bond acceptors (Lipinski definition) is 3.